The normalized spacial score (nSPS) is 9.08. The molecule has 0 heterocycles. The SMILES string of the molecule is C=C(COC(C)=O)C(=O)OCCC. The van der Waals surface area contributed by atoms with Crippen LogP contribution in [0.5, 0.6) is 0 Å². The summed E-state index contributed by atoms with van der Waals surface area (Å²) in [6.07, 6.45) is 0.757. The van der Waals surface area contributed by atoms with E-state index in [1.807, 2.05) is 6.92 Å². The molecule has 4 nitrogen and oxygen atoms in total. The lowest BCUT2D eigenvalue weighted by Crippen LogP contribution is -2.13. The van der Waals surface area contributed by atoms with Crippen LogP contribution in [0, 0.1) is 0 Å². The Morgan fingerprint density at radius 3 is 2.38 bits per heavy atom. The van der Waals surface area contributed by atoms with Crippen LogP contribution >= 0.6 is 0 Å². The van der Waals surface area contributed by atoms with E-state index in [0.717, 1.165) is 6.42 Å². The van der Waals surface area contributed by atoms with Gasteiger partial charge in [-0.05, 0) is 6.42 Å². The largest absolute Gasteiger partial charge is 0.462 e. The highest BCUT2D eigenvalue weighted by atomic mass is 16.5. The molecule has 4 heteroatoms. The van der Waals surface area contributed by atoms with Crippen molar-refractivity contribution < 1.29 is 19.1 Å². The third kappa shape index (κ3) is 5.90. The van der Waals surface area contributed by atoms with Crippen LogP contribution in [0.25, 0.3) is 0 Å². The molecule has 0 aromatic heterocycles. The second-order valence-electron chi connectivity index (χ2n) is 2.52. The molecule has 0 atom stereocenters. The van der Waals surface area contributed by atoms with Gasteiger partial charge in [0.1, 0.15) is 6.61 Å². The van der Waals surface area contributed by atoms with E-state index in [2.05, 4.69) is 11.3 Å². The fourth-order valence-corrected chi connectivity index (χ4v) is 0.544. The quantitative estimate of drug-likeness (QED) is 0.476. The minimum atomic E-state index is -0.511. The third-order valence-corrected chi connectivity index (χ3v) is 1.18. The molecule has 0 aliphatic heterocycles. The van der Waals surface area contributed by atoms with E-state index in [0.29, 0.717) is 6.61 Å². The molecule has 0 aliphatic carbocycles. The molecule has 0 N–H and O–H groups in total. The summed E-state index contributed by atoms with van der Waals surface area (Å²) >= 11 is 0. The predicted molar refractivity (Wildman–Crippen MR) is 47.0 cm³/mol. The van der Waals surface area contributed by atoms with Gasteiger partial charge in [-0.1, -0.05) is 13.5 Å². The first-order valence-corrected chi connectivity index (χ1v) is 4.06. The van der Waals surface area contributed by atoms with E-state index >= 15 is 0 Å². The van der Waals surface area contributed by atoms with E-state index in [4.69, 9.17) is 4.74 Å². The molecular weight excluding hydrogens is 172 g/mol. The first-order valence-electron chi connectivity index (χ1n) is 4.06. The summed E-state index contributed by atoms with van der Waals surface area (Å²) in [6, 6.07) is 0. The van der Waals surface area contributed by atoms with Crippen molar-refractivity contribution in [2.75, 3.05) is 13.2 Å². The van der Waals surface area contributed by atoms with Gasteiger partial charge in [-0.25, -0.2) is 4.79 Å². The molecule has 0 saturated heterocycles. The van der Waals surface area contributed by atoms with Crippen molar-refractivity contribution in [1.29, 1.82) is 0 Å². The molecule has 0 spiro atoms. The zero-order valence-electron chi connectivity index (χ0n) is 7.96. The van der Waals surface area contributed by atoms with Crippen molar-refractivity contribution in [2.24, 2.45) is 0 Å². The molecule has 0 amide bonds. The summed E-state index contributed by atoms with van der Waals surface area (Å²) in [7, 11) is 0. The number of rotatable bonds is 5. The highest BCUT2D eigenvalue weighted by molar-refractivity contribution is 5.88. The molecule has 0 rings (SSSR count). The first kappa shape index (κ1) is 11.7. The van der Waals surface area contributed by atoms with Crippen molar-refractivity contribution in [1.82, 2.24) is 0 Å². The minimum absolute atomic E-state index is 0.0993. The van der Waals surface area contributed by atoms with Crippen LogP contribution in [0.1, 0.15) is 20.3 Å². The lowest BCUT2D eigenvalue weighted by atomic mass is 10.3. The number of carbonyl (C=O) groups is 2. The van der Waals surface area contributed by atoms with Crippen molar-refractivity contribution in [3.05, 3.63) is 12.2 Å². The van der Waals surface area contributed by atoms with Crippen LogP contribution in [0.3, 0.4) is 0 Å². The fourth-order valence-electron chi connectivity index (χ4n) is 0.544. The molecule has 0 bridgehead atoms. The van der Waals surface area contributed by atoms with Gasteiger partial charge in [0.05, 0.1) is 12.2 Å². The second-order valence-corrected chi connectivity index (χ2v) is 2.52. The van der Waals surface area contributed by atoms with Gasteiger partial charge in [0.15, 0.2) is 0 Å². The van der Waals surface area contributed by atoms with Gasteiger partial charge < -0.3 is 9.47 Å². The van der Waals surface area contributed by atoms with Gasteiger partial charge in [-0.3, -0.25) is 4.79 Å². The molecule has 74 valence electrons. The Morgan fingerprint density at radius 1 is 1.31 bits per heavy atom. The number of ether oxygens (including phenoxy) is 2. The van der Waals surface area contributed by atoms with Crippen LogP contribution in [0.15, 0.2) is 12.2 Å². The zero-order chi connectivity index (χ0) is 10.3. The number of hydrogen-bond donors (Lipinski definition) is 0. The smallest absolute Gasteiger partial charge is 0.336 e. The van der Waals surface area contributed by atoms with Crippen molar-refractivity contribution in [3.8, 4) is 0 Å². The molecule has 0 aliphatic rings. The topological polar surface area (TPSA) is 52.6 Å². The highest BCUT2D eigenvalue weighted by Gasteiger charge is 2.08. The van der Waals surface area contributed by atoms with Crippen molar-refractivity contribution >= 4 is 11.9 Å². The van der Waals surface area contributed by atoms with Crippen LogP contribution < -0.4 is 0 Å². The van der Waals surface area contributed by atoms with Gasteiger partial charge >= 0.3 is 11.9 Å². The molecule has 0 aromatic carbocycles. The Bertz CT molecular complexity index is 208. The Balaban J connectivity index is 3.70. The number of esters is 2. The van der Waals surface area contributed by atoms with E-state index in [1.54, 1.807) is 0 Å². The molecular formula is C9H14O4. The van der Waals surface area contributed by atoms with Crippen molar-refractivity contribution in [2.45, 2.75) is 20.3 Å². The van der Waals surface area contributed by atoms with E-state index in [1.165, 1.54) is 6.92 Å². The average Bonchev–Trinajstić information content (AvgIpc) is 2.10. The fraction of sp³-hybridized carbons (Fsp3) is 0.556. The van der Waals surface area contributed by atoms with E-state index in [-0.39, 0.29) is 12.2 Å². The molecule has 0 aromatic rings. The van der Waals surface area contributed by atoms with Gasteiger partial charge in [0.25, 0.3) is 0 Å². The molecule has 0 fully saturated rings. The molecule has 0 radical (unpaired) electrons. The Kier molecular flexibility index (Phi) is 5.59. The Hall–Kier alpha value is -1.32. The second kappa shape index (κ2) is 6.22. The van der Waals surface area contributed by atoms with Crippen molar-refractivity contribution in [3.63, 3.8) is 0 Å². The summed E-state index contributed by atoms with van der Waals surface area (Å²) in [4.78, 5) is 21.4. The van der Waals surface area contributed by atoms with Crippen LogP contribution in [-0.2, 0) is 19.1 Å². The summed E-state index contributed by atoms with van der Waals surface area (Å²) in [5, 5.41) is 0. The van der Waals surface area contributed by atoms with Crippen LogP contribution in [0.4, 0.5) is 0 Å². The molecule has 0 saturated carbocycles. The van der Waals surface area contributed by atoms with Gasteiger partial charge in [0, 0.05) is 6.92 Å². The highest BCUT2D eigenvalue weighted by Crippen LogP contribution is 1.96. The minimum Gasteiger partial charge on any atom is -0.462 e. The third-order valence-electron chi connectivity index (χ3n) is 1.18. The number of carbonyl (C=O) groups excluding carboxylic acids is 2. The Morgan fingerprint density at radius 2 is 1.92 bits per heavy atom. The van der Waals surface area contributed by atoms with Gasteiger partial charge in [0.2, 0.25) is 0 Å². The maximum absolute atomic E-state index is 11.0. The monoisotopic (exact) mass is 186 g/mol. The molecule has 0 unspecified atom stereocenters. The lowest BCUT2D eigenvalue weighted by Gasteiger charge is -2.05. The average molecular weight is 186 g/mol. The summed E-state index contributed by atoms with van der Waals surface area (Å²) in [5.74, 6) is -0.951. The summed E-state index contributed by atoms with van der Waals surface area (Å²) < 4.78 is 9.32. The van der Waals surface area contributed by atoms with E-state index in [9.17, 15) is 9.59 Å². The summed E-state index contributed by atoms with van der Waals surface area (Å²) in [5.41, 5.74) is 0.156. The van der Waals surface area contributed by atoms with E-state index < -0.39 is 11.9 Å². The standard InChI is InChI=1S/C9H14O4/c1-4-5-12-9(11)7(2)6-13-8(3)10/h2,4-6H2,1,3H3. The Labute approximate surface area is 77.5 Å². The van der Waals surface area contributed by atoms with Gasteiger partial charge in [-0.15, -0.1) is 0 Å². The predicted octanol–water partition coefficient (Wildman–Crippen LogP) is 1.06. The maximum Gasteiger partial charge on any atom is 0.336 e. The maximum atomic E-state index is 11.0. The number of hydrogen-bond acceptors (Lipinski definition) is 4. The lowest BCUT2D eigenvalue weighted by molar-refractivity contribution is -0.143. The van der Waals surface area contributed by atoms with Gasteiger partial charge in [-0.2, -0.15) is 0 Å². The first-order chi connectivity index (χ1) is 6.07. The van der Waals surface area contributed by atoms with Crippen LogP contribution in [-0.4, -0.2) is 25.2 Å². The van der Waals surface area contributed by atoms with Crippen LogP contribution in [0.2, 0.25) is 0 Å². The molecule has 13 heavy (non-hydrogen) atoms. The summed E-state index contributed by atoms with van der Waals surface area (Å²) in [6.45, 7) is 6.85. The zero-order valence-corrected chi connectivity index (χ0v) is 7.96.